The Bertz CT molecular complexity index is 746. The summed E-state index contributed by atoms with van der Waals surface area (Å²) in [4.78, 5) is 12.4. The van der Waals surface area contributed by atoms with Gasteiger partial charge in [-0.1, -0.05) is 12.1 Å². The number of carbonyl (C=O) groups is 1. The highest BCUT2D eigenvalue weighted by atomic mass is 79.9. The van der Waals surface area contributed by atoms with Crippen LogP contribution >= 0.6 is 15.9 Å². The van der Waals surface area contributed by atoms with E-state index in [1.807, 2.05) is 12.1 Å². The quantitative estimate of drug-likeness (QED) is 0.756. The van der Waals surface area contributed by atoms with Crippen molar-refractivity contribution in [2.75, 3.05) is 5.32 Å². The van der Waals surface area contributed by atoms with E-state index in [0.29, 0.717) is 0 Å². The Morgan fingerprint density at radius 1 is 1.09 bits per heavy atom. The molecule has 2 aromatic rings. The number of halogens is 3. The summed E-state index contributed by atoms with van der Waals surface area (Å²) in [5.41, 5.74) is 3.21. The van der Waals surface area contributed by atoms with Crippen molar-refractivity contribution in [1.29, 1.82) is 0 Å². The van der Waals surface area contributed by atoms with Crippen LogP contribution in [-0.2, 0) is 12.8 Å². The van der Waals surface area contributed by atoms with Crippen molar-refractivity contribution in [3.05, 3.63) is 63.1 Å². The van der Waals surface area contributed by atoms with E-state index in [1.165, 1.54) is 5.56 Å². The molecule has 1 aliphatic carbocycles. The van der Waals surface area contributed by atoms with Gasteiger partial charge in [-0.25, -0.2) is 8.78 Å². The van der Waals surface area contributed by atoms with Gasteiger partial charge >= 0.3 is 0 Å². The lowest BCUT2D eigenvalue weighted by atomic mass is 9.90. The smallest absolute Gasteiger partial charge is 0.256 e. The number of anilines is 1. The third-order valence-electron chi connectivity index (χ3n) is 3.90. The van der Waals surface area contributed by atoms with Crippen LogP contribution in [0.5, 0.6) is 0 Å². The first kappa shape index (κ1) is 15.2. The van der Waals surface area contributed by atoms with Gasteiger partial charge in [0.15, 0.2) is 11.6 Å². The zero-order valence-electron chi connectivity index (χ0n) is 11.8. The Morgan fingerprint density at radius 2 is 1.82 bits per heavy atom. The Morgan fingerprint density at radius 3 is 2.64 bits per heavy atom. The van der Waals surface area contributed by atoms with Gasteiger partial charge in [-0.05, 0) is 70.9 Å². The van der Waals surface area contributed by atoms with Crippen LogP contribution in [0.4, 0.5) is 14.5 Å². The molecule has 0 heterocycles. The monoisotopic (exact) mass is 365 g/mol. The first-order chi connectivity index (χ1) is 10.6. The van der Waals surface area contributed by atoms with Crippen LogP contribution in [-0.4, -0.2) is 5.91 Å². The van der Waals surface area contributed by atoms with E-state index in [4.69, 9.17) is 0 Å². The maximum absolute atomic E-state index is 13.4. The molecular formula is C17H14BrF2NO. The fourth-order valence-electron chi connectivity index (χ4n) is 2.78. The summed E-state index contributed by atoms with van der Waals surface area (Å²) in [6.45, 7) is 0. The summed E-state index contributed by atoms with van der Waals surface area (Å²) in [6, 6.07) is 7.68. The lowest BCUT2D eigenvalue weighted by Gasteiger charge is -2.19. The lowest BCUT2D eigenvalue weighted by Crippen LogP contribution is -2.16. The molecule has 0 unspecified atom stereocenters. The molecule has 0 aliphatic heterocycles. The summed E-state index contributed by atoms with van der Waals surface area (Å²) in [7, 11) is 0. The fraction of sp³-hybridized carbons (Fsp3) is 0.235. The summed E-state index contributed by atoms with van der Waals surface area (Å²) in [5, 5.41) is 2.82. The molecule has 2 aromatic carbocycles. The minimum Gasteiger partial charge on any atom is -0.322 e. The standard InChI is InChI=1S/C17H14BrF2NO/c18-13-9-15(20)14(19)8-12(13)17(22)21-16-7-3-5-10-4-1-2-6-11(10)16/h3,5,7-9H,1-2,4,6H2,(H,21,22). The maximum Gasteiger partial charge on any atom is 0.256 e. The predicted molar refractivity (Wildman–Crippen MR) is 85.1 cm³/mol. The zero-order chi connectivity index (χ0) is 15.7. The molecular weight excluding hydrogens is 352 g/mol. The SMILES string of the molecule is O=C(Nc1cccc2c1CCCC2)c1cc(F)c(F)cc1Br. The largest absolute Gasteiger partial charge is 0.322 e. The van der Waals surface area contributed by atoms with Gasteiger partial charge in [0.05, 0.1) is 5.56 Å². The van der Waals surface area contributed by atoms with Crippen LogP contribution < -0.4 is 5.32 Å². The molecule has 0 saturated carbocycles. The lowest BCUT2D eigenvalue weighted by molar-refractivity contribution is 0.102. The summed E-state index contributed by atoms with van der Waals surface area (Å²) in [5.74, 6) is -2.48. The average Bonchev–Trinajstić information content (AvgIpc) is 2.51. The minimum absolute atomic E-state index is 0.0762. The molecule has 0 saturated heterocycles. The third kappa shape index (κ3) is 2.90. The van der Waals surface area contributed by atoms with Crippen LogP contribution in [0.2, 0.25) is 0 Å². The molecule has 1 N–H and O–H groups in total. The van der Waals surface area contributed by atoms with E-state index in [0.717, 1.165) is 49.1 Å². The number of benzene rings is 2. The van der Waals surface area contributed by atoms with E-state index < -0.39 is 17.5 Å². The van der Waals surface area contributed by atoms with Crippen molar-refractivity contribution in [3.63, 3.8) is 0 Å². The molecule has 5 heteroatoms. The Kier molecular flexibility index (Phi) is 4.25. The van der Waals surface area contributed by atoms with E-state index in [2.05, 4.69) is 27.3 Å². The second-order valence-electron chi connectivity index (χ2n) is 5.35. The topological polar surface area (TPSA) is 29.1 Å². The van der Waals surface area contributed by atoms with Gasteiger partial charge in [-0.3, -0.25) is 4.79 Å². The van der Waals surface area contributed by atoms with Crippen LogP contribution in [0, 0.1) is 11.6 Å². The van der Waals surface area contributed by atoms with Crippen LogP contribution in [0.15, 0.2) is 34.8 Å². The van der Waals surface area contributed by atoms with Crippen LogP contribution in [0.3, 0.4) is 0 Å². The highest BCUT2D eigenvalue weighted by molar-refractivity contribution is 9.10. The van der Waals surface area contributed by atoms with Gasteiger partial charge in [0.1, 0.15) is 0 Å². The molecule has 1 amide bonds. The summed E-state index contributed by atoms with van der Waals surface area (Å²) < 4.78 is 26.7. The highest BCUT2D eigenvalue weighted by Gasteiger charge is 2.18. The number of amides is 1. The number of hydrogen-bond acceptors (Lipinski definition) is 1. The predicted octanol–water partition coefficient (Wildman–Crippen LogP) is 4.86. The molecule has 1 aliphatic rings. The Labute approximate surface area is 135 Å². The number of fused-ring (bicyclic) bond motifs is 1. The molecule has 0 spiro atoms. The molecule has 22 heavy (non-hydrogen) atoms. The zero-order valence-corrected chi connectivity index (χ0v) is 13.3. The van der Waals surface area contributed by atoms with Crippen LogP contribution in [0.25, 0.3) is 0 Å². The summed E-state index contributed by atoms with van der Waals surface area (Å²) in [6.07, 6.45) is 4.17. The van der Waals surface area contributed by atoms with Crippen molar-refractivity contribution < 1.29 is 13.6 Å². The first-order valence-electron chi connectivity index (χ1n) is 7.13. The van der Waals surface area contributed by atoms with Crippen molar-refractivity contribution in [1.82, 2.24) is 0 Å². The van der Waals surface area contributed by atoms with Crippen molar-refractivity contribution in [2.45, 2.75) is 25.7 Å². The third-order valence-corrected chi connectivity index (χ3v) is 4.55. The van der Waals surface area contributed by atoms with Crippen molar-refractivity contribution in [2.24, 2.45) is 0 Å². The molecule has 2 nitrogen and oxygen atoms in total. The highest BCUT2D eigenvalue weighted by Crippen LogP contribution is 2.29. The van der Waals surface area contributed by atoms with Gasteiger partial charge in [0, 0.05) is 10.2 Å². The van der Waals surface area contributed by atoms with Crippen LogP contribution in [0.1, 0.15) is 34.3 Å². The van der Waals surface area contributed by atoms with Gasteiger partial charge in [0.2, 0.25) is 0 Å². The summed E-state index contributed by atoms with van der Waals surface area (Å²) >= 11 is 3.10. The van der Waals surface area contributed by atoms with E-state index >= 15 is 0 Å². The van der Waals surface area contributed by atoms with Crippen molar-refractivity contribution in [3.8, 4) is 0 Å². The second-order valence-corrected chi connectivity index (χ2v) is 6.20. The van der Waals surface area contributed by atoms with E-state index in [9.17, 15) is 13.6 Å². The molecule has 114 valence electrons. The number of hydrogen-bond donors (Lipinski definition) is 1. The number of nitrogens with one attached hydrogen (secondary N) is 1. The molecule has 0 bridgehead atoms. The molecule has 0 aromatic heterocycles. The number of aryl methyl sites for hydroxylation is 1. The first-order valence-corrected chi connectivity index (χ1v) is 7.92. The van der Waals surface area contributed by atoms with E-state index in [-0.39, 0.29) is 10.0 Å². The average molecular weight is 366 g/mol. The Hall–Kier alpha value is -1.75. The van der Waals surface area contributed by atoms with Crippen molar-refractivity contribution >= 4 is 27.5 Å². The van der Waals surface area contributed by atoms with Gasteiger partial charge in [-0.2, -0.15) is 0 Å². The van der Waals surface area contributed by atoms with Gasteiger partial charge < -0.3 is 5.32 Å². The minimum atomic E-state index is -1.04. The second kappa shape index (κ2) is 6.16. The van der Waals surface area contributed by atoms with Gasteiger partial charge in [0.25, 0.3) is 5.91 Å². The number of carbonyl (C=O) groups excluding carboxylic acids is 1. The maximum atomic E-state index is 13.4. The molecule has 0 radical (unpaired) electrons. The fourth-order valence-corrected chi connectivity index (χ4v) is 3.28. The van der Waals surface area contributed by atoms with E-state index in [1.54, 1.807) is 0 Å². The molecule has 0 atom stereocenters. The molecule has 3 rings (SSSR count). The Balaban J connectivity index is 1.91. The molecule has 0 fully saturated rings. The van der Waals surface area contributed by atoms with Gasteiger partial charge in [-0.15, -0.1) is 0 Å². The normalized spacial score (nSPS) is 13.6. The number of rotatable bonds is 2.